The maximum absolute atomic E-state index is 12.4. The van der Waals surface area contributed by atoms with Gasteiger partial charge < -0.3 is 10.6 Å². The van der Waals surface area contributed by atoms with Gasteiger partial charge in [-0.3, -0.25) is 14.6 Å². The highest BCUT2D eigenvalue weighted by molar-refractivity contribution is 7.92. The first-order valence-electron chi connectivity index (χ1n) is 7.76. The Morgan fingerprint density at radius 1 is 1.04 bits per heavy atom. The van der Waals surface area contributed by atoms with Crippen molar-refractivity contribution in [3.63, 3.8) is 0 Å². The number of rotatable bonds is 6. The molecular formula is C17H16ClN5O3S. The lowest BCUT2D eigenvalue weighted by atomic mass is 10.2. The van der Waals surface area contributed by atoms with E-state index in [0.717, 1.165) is 11.9 Å². The lowest BCUT2D eigenvalue weighted by Crippen LogP contribution is -2.13. The van der Waals surface area contributed by atoms with Gasteiger partial charge in [-0.15, -0.1) is 0 Å². The van der Waals surface area contributed by atoms with Crippen LogP contribution < -0.4 is 15.4 Å². The molecule has 0 bridgehead atoms. The minimum Gasteiger partial charge on any atom is -0.339 e. The standard InChI is InChI=1S/C17H16ClN5O3S/c1-27(25,26)23-14-8-11(18)7-13(9-14)20-17(24)15-10-16(22-21-15)19-12-5-3-2-4-6-12/h2-10,23H,1H3,(H,20,24)(H2,19,21,22). The molecule has 3 rings (SSSR count). The van der Waals surface area contributed by atoms with Crippen LogP contribution in [0, 0.1) is 0 Å². The molecule has 1 amide bonds. The normalized spacial score (nSPS) is 11.0. The third-order valence-corrected chi connectivity index (χ3v) is 4.15. The highest BCUT2D eigenvalue weighted by Crippen LogP contribution is 2.24. The van der Waals surface area contributed by atoms with Crippen LogP contribution in [-0.4, -0.2) is 30.8 Å². The van der Waals surface area contributed by atoms with E-state index in [-0.39, 0.29) is 16.4 Å². The number of nitrogens with zero attached hydrogens (tertiary/aromatic N) is 1. The molecule has 0 aliphatic rings. The van der Waals surface area contributed by atoms with Crippen LogP contribution >= 0.6 is 11.6 Å². The zero-order valence-corrected chi connectivity index (χ0v) is 15.7. The first-order chi connectivity index (χ1) is 12.8. The number of para-hydroxylation sites is 1. The van der Waals surface area contributed by atoms with Gasteiger partial charge in [0.15, 0.2) is 5.82 Å². The van der Waals surface area contributed by atoms with E-state index in [9.17, 15) is 13.2 Å². The van der Waals surface area contributed by atoms with Crippen molar-refractivity contribution >= 4 is 50.4 Å². The van der Waals surface area contributed by atoms with Crippen LogP contribution in [-0.2, 0) is 10.0 Å². The molecule has 140 valence electrons. The van der Waals surface area contributed by atoms with Crippen molar-refractivity contribution in [2.75, 3.05) is 21.6 Å². The summed E-state index contributed by atoms with van der Waals surface area (Å²) in [5.41, 5.74) is 1.65. The maximum Gasteiger partial charge on any atom is 0.273 e. The van der Waals surface area contributed by atoms with Gasteiger partial charge in [0, 0.05) is 22.5 Å². The quantitative estimate of drug-likeness (QED) is 0.501. The van der Waals surface area contributed by atoms with Crippen molar-refractivity contribution in [3.05, 3.63) is 65.3 Å². The fourth-order valence-electron chi connectivity index (χ4n) is 2.30. The van der Waals surface area contributed by atoms with E-state index in [2.05, 4.69) is 25.6 Å². The number of halogens is 1. The predicted molar refractivity (Wildman–Crippen MR) is 106 cm³/mol. The van der Waals surface area contributed by atoms with Crippen molar-refractivity contribution in [1.82, 2.24) is 10.2 Å². The van der Waals surface area contributed by atoms with Crippen LogP contribution in [0.2, 0.25) is 5.02 Å². The van der Waals surface area contributed by atoms with Gasteiger partial charge in [0.05, 0.1) is 11.9 Å². The van der Waals surface area contributed by atoms with E-state index in [1.807, 2.05) is 30.3 Å². The van der Waals surface area contributed by atoms with Gasteiger partial charge >= 0.3 is 0 Å². The van der Waals surface area contributed by atoms with Crippen molar-refractivity contribution in [3.8, 4) is 0 Å². The molecule has 0 atom stereocenters. The minimum absolute atomic E-state index is 0.228. The molecule has 0 radical (unpaired) electrons. The van der Waals surface area contributed by atoms with Gasteiger partial charge in [-0.05, 0) is 30.3 Å². The number of aromatic amines is 1. The molecule has 1 aromatic heterocycles. The smallest absolute Gasteiger partial charge is 0.273 e. The summed E-state index contributed by atoms with van der Waals surface area (Å²) in [4.78, 5) is 12.4. The molecule has 0 fully saturated rings. The average molecular weight is 406 g/mol. The highest BCUT2D eigenvalue weighted by atomic mass is 35.5. The molecule has 0 unspecified atom stereocenters. The summed E-state index contributed by atoms with van der Waals surface area (Å²) in [7, 11) is -3.46. The maximum atomic E-state index is 12.4. The van der Waals surface area contributed by atoms with Gasteiger partial charge in [-0.2, -0.15) is 5.10 Å². The largest absolute Gasteiger partial charge is 0.339 e. The zero-order chi connectivity index (χ0) is 19.4. The topological polar surface area (TPSA) is 116 Å². The number of nitrogens with one attached hydrogen (secondary N) is 4. The summed E-state index contributed by atoms with van der Waals surface area (Å²) in [5, 5.41) is 12.7. The molecule has 0 saturated heterocycles. The number of hydrogen-bond donors (Lipinski definition) is 4. The number of H-pyrrole nitrogens is 1. The third kappa shape index (κ3) is 5.47. The first kappa shape index (κ1) is 18.7. The van der Waals surface area contributed by atoms with E-state index in [4.69, 9.17) is 11.6 Å². The Bertz CT molecular complexity index is 1070. The third-order valence-electron chi connectivity index (χ3n) is 3.33. The Morgan fingerprint density at radius 3 is 2.44 bits per heavy atom. The second-order valence-corrected chi connectivity index (χ2v) is 7.90. The second-order valence-electron chi connectivity index (χ2n) is 5.71. The molecule has 0 spiro atoms. The molecule has 10 heteroatoms. The fraction of sp³-hybridized carbons (Fsp3) is 0.0588. The molecular weight excluding hydrogens is 390 g/mol. The van der Waals surface area contributed by atoms with Gasteiger partial charge in [-0.1, -0.05) is 29.8 Å². The van der Waals surface area contributed by atoms with Crippen molar-refractivity contribution in [2.45, 2.75) is 0 Å². The molecule has 2 aromatic carbocycles. The lowest BCUT2D eigenvalue weighted by Gasteiger charge is -2.09. The SMILES string of the molecule is CS(=O)(=O)Nc1cc(Cl)cc(NC(=O)c2cc(Nc3ccccc3)n[nH]2)c1. The van der Waals surface area contributed by atoms with Crippen LogP contribution in [0.1, 0.15) is 10.5 Å². The average Bonchev–Trinajstić information content (AvgIpc) is 3.02. The Kier molecular flexibility index (Phi) is 5.33. The summed E-state index contributed by atoms with van der Waals surface area (Å²) in [6.07, 6.45) is 1.03. The Morgan fingerprint density at radius 2 is 1.74 bits per heavy atom. The number of amides is 1. The molecule has 8 nitrogen and oxygen atoms in total. The number of benzene rings is 2. The van der Waals surface area contributed by atoms with E-state index in [1.54, 1.807) is 6.07 Å². The summed E-state index contributed by atoms with van der Waals surface area (Å²) in [6, 6.07) is 15.4. The van der Waals surface area contributed by atoms with E-state index >= 15 is 0 Å². The number of anilines is 4. The van der Waals surface area contributed by atoms with Gasteiger partial charge in [0.1, 0.15) is 5.69 Å². The van der Waals surface area contributed by atoms with Crippen LogP contribution in [0.3, 0.4) is 0 Å². The number of aromatic nitrogens is 2. The predicted octanol–water partition coefficient (Wildman–Crippen LogP) is 3.43. The van der Waals surface area contributed by atoms with Gasteiger partial charge in [0.2, 0.25) is 10.0 Å². The molecule has 3 aromatic rings. The van der Waals surface area contributed by atoms with Gasteiger partial charge in [0.25, 0.3) is 5.91 Å². The highest BCUT2D eigenvalue weighted by Gasteiger charge is 2.12. The molecule has 0 aliphatic carbocycles. The summed E-state index contributed by atoms with van der Waals surface area (Å²) < 4.78 is 25.0. The van der Waals surface area contributed by atoms with Crippen LogP contribution in [0.5, 0.6) is 0 Å². The van der Waals surface area contributed by atoms with Gasteiger partial charge in [-0.25, -0.2) is 8.42 Å². The lowest BCUT2D eigenvalue weighted by molar-refractivity contribution is 0.102. The van der Waals surface area contributed by atoms with E-state index in [0.29, 0.717) is 11.5 Å². The molecule has 0 aliphatic heterocycles. The molecule has 4 N–H and O–H groups in total. The zero-order valence-electron chi connectivity index (χ0n) is 14.2. The Labute approximate surface area is 161 Å². The van der Waals surface area contributed by atoms with E-state index in [1.165, 1.54) is 18.2 Å². The number of carbonyl (C=O) groups is 1. The molecule has 27 heavy (non-hydrogen) atoms. The Hall–Kier alpha value is -3.04. The fourth-order valence-corrected chi connectivity index (χ4v) is 3.09. The second kappa shape index (κ2) is 7.68. The van der Waals surface area contributed by atoms with Crippen LogP contribution in [0.25, 0.3) is 0 Å². The minimum atomic E-state index is -3.46. The van der Waals surface area contributed by atoms with Crippen molar-refractivity contribution < 1.29 is 13.2 Å². The number of hydrogen-bond acceptors (Lipinski definition) is 5. The summed E-state index contributed by atoms with van der Waals surface area (Å²) >= 11 is 5.99. The van der Waals surface area contributed by atoms with E-state index < -0.39 is 15.9 Å². The molecule has 0 saturated carbocycles. The van der Waals surface area contributed by atoms with Crippen molar-refractivity contribution in [2.24, 2.45) is 0 Å². The van der Waals surface area contributed by atoms with Crippen LogP contribution in [0.15, 0.2) is 54.6 Å². The Balaban J connectivity index is 1.72. The van der Waals surface area contributed by atoms with Crippen LogP contribution in [0.4, 0.5) is 22.9 Å². The number of sulfonamides is 1. The van der Waals surface area contributed by atoms with Crippen molar-refractivity contribution in [1.29, 1.82) is 0 Å². The summed E-state index contributed by atoms with van der Waals surface area (Å²) in [5.74, 6) is 0.0352. The molecule has 1 heterocycles. The monoisotopic (exact) mass is 405 g/mol. The number of carbonyl (C=O) groups excluding carboxylic acids is 1. The first-order valence-corrected chi connectivity index (χ1v) is 10.0. The summed E-state index contributed by atoms with van der Waals surface area (Å²) in [6.45, 7) is 0.